The highest BCUT2D eigenvalue weighted by Gasteiger charge is 2.33. The molecule has 136 valence electrons. The summed E-state index contributed by atoms with van der Waals surface area (Å²) in [5.74, 6) is -3.63. The summed E-state index contributed by atoms with van der Waals surface area (Å²) in [4.78, 5) is 48.5. The summed E-state index contributed by atoms with van der Waals surface area (Å²) in [6, 6.07) is 6.74. The molecule has 1 aliphatic heterocycles. The number of benzene rings is 1. The molecule has 26 heavy (non-hydrogen) atoms. The van der Waals surface area contributed by atoms with Crippen LogP contribution in [0.3, 0.4) is 0 Å². The summed E-state index contributed by atoms with van der Waals surface area (Å²) in [6.07, 6.45) is 0.751. The average Bonchev–Trinajstić information content (AvgIpc) is 2.66. The molecule has 0 aromatic heterocycles. The largest absolute Gasteiger partial charge is 0.466 e. The number of hydrogen-bond acceptors (Lipinski definition) is 8. The first-order chi connectivity index (χ1) is 12.4. The molecule has 0 bridgehead atoms. The lowest BCUT2D eigenvalue weighted by Crippen LogP contribution is -2.31. The molecule has 0 spiro atoms. The molecule has 0 radical (unpaired) electrons. The number of methoxy groups -OCH3 is 3. The summed E-state index contributed by atoms with van der Waals surface area (Å²) in [7, 11) is 3.24. The van der Waals surface area contributed by atoms with Gasteiger partial charge in [0.1, 0.15) is 11.3 Å². The lowest BCUT2D eigenvalue weighted by Gasteiger charge is -2.23. The standard InChI is InChI=1S/C17H16N2O7/c1-24-12(20)8-9(16(22)25-2)13(17(23)26-3)14-15(21)19-11-7-5-4-6-10(11)18-14/h4-8,18H,1-3H3,(H,19,21)/b9-8+,14-13-. The number of carbonyl (C=O) groups is 4. The van der Waals surface area contributed by atoms with Crippen LogP contribution in [0.4, 0.5) is 11.4 Å². The summed E-state index contributed by atoms with van der Waals surface area (Å²) >= 11 is 0. The van der Waals surface area contributed by atoms with Crippen LogP contribution in [0.15, 0.2) is 47.2 Å². The number of amides is 1. The Morgan fingerprint density at radius 3 is 2.00 bits per heavy atom. The normalized spacial score (nSPS) is 15.0. The molecule has 2 N–H and O–H groups in total. The minimum atomic E-state index is -1.02. The van der Waals surface area contributed by atoms with Crippen molar-refractivity contribution < 1.29 is 33.4 Å². The van der Waals surface area contributed by atoms with E-state index < -0.39 is 35.0 Å². The number of rotatable bonds is 4. The fourth-order valence-corrected chi connectivity index (χ4v) is 2.22. The first-order valence-electron chi connectivity index (χ1n) is 7.31. The zero-order chi connectivity index (χ0) is 19.3. The highest BCUT2D eigenvalue weighted by Crippen LogP contribution is 2.30. The van der Waals surface area contributed by atoms with Gasteiger partial charge in [-0.3, -0.25) is 4.79 Å². The topological polar surface area (TPSA) is 120 Å². The maximum atomic E-state index is 12.5. The van der Waals surface area contributed by atoms with E-state index in [1.165, 1.54) is 0 Å². The fourth-order valence-electron chi connectivity index (χ4n) is 2.22. The summed E-state index contributed by atoms with van der Waals surface area (Å²) in [5, 5.41) is 5.36. The smallest absolute Gasteiger partial charge is 0.341 e. The second-order valence-corrected chi connectivity index (χ2v) is 4.94. The first kappa shape index (κ1) is 18.7. The zero-order valence-electron chi connectivity index (χ0n) is 14.2. The lowest BCUT2D eigenvalue weighted by atomic mass is 10.0. The van der Waals surface area contributed by atoms with Gasteiger partial charge in [-0.05, 0) is 12.1 Å². The molecular formula is C17H16N2O7. The van der Waals surface area contributed by atoms with Gasteiger partial charge in [-0.1, -0.05) is 12.1 Å². The van der Waals surface area contributed by atoms with Crippen LogP contribution in [0.1, 0.15) is 0 Å². The van der Waals surface area contributed by atoms with E-state index in [1.807, 2.05) is 0 Å². The van der Waals surface area contributed by atoms with Gasteiger partial charge in [0.15, 0.2) is 0 Å². The Morgan fingerprint density at radius 1 is 0.885 bits per heavy atom. The van der Waals surface area contributed by atoms with Gasteiger partial charge in [0.05, 0.1) is 38.3 Å². The van der Waals surface area contributed by atoms with Gasteiger partial charge in [0, 0.05) is 6.08 Å². The number of para-hydroxylation sites is 2. The highest BCUT2D eigenvalue weighted by atomic mass is 16.5. The zero-order valence-corrected chi connectivity index (χ0v) is 14.2. The van der Waals surface area contributed by atoms with E-state index in [4.69, 9.17) is 0 Å². The molecule has 9 nitrogen and oxygen atoms in total. The van der Waals surface area contributed by atoms with Gasteiger partial charge in [-0.25, -0.2) is 14.4 Å². The van der Waals surface area contributed by atoms with Crippen molar-refractivity contribution in [1.29, 1.82) is 0 Å². The van der Waals surface area contributed by atoms with Gasteiger partial charge in [0.2, 0.25) is 0 Å². The predicted octanol–water partition coefficient (Wildman–Crippen LogP) is 0.750. The maximum Gasteiger partial charge on any atom is 0.341 e. The van der Waals surface area contributed by atoms with Gasteiger partial charge < -0.3 is 24.8 Å². The van der Waals surface area contributed by atoms with Crippen molar-refractivity contribution in [1.82, 2.24) is 0 Å². The molecule has 1 heterocycles. The highest BCUT2D eigenvalue weighted by molar-refractivity contribution is 6.20. The van der Waals surface area contributed by atoms with E-state index in [0.29, 0.717) is 11.4 Å². The Kier molecular flexibility index (Phi) is 5.74. The van der Waals surface area contributed by atoms with E-state index in [9.17, 15) is 19.2 Å². The molecule has 0 atom stereocenters. The maximum absolute atomic E-state index is 12.5. The molecule has 0 aliphatic carbocycles. The van der Waals surface area contributed by atoms with E-state index in [2.05, 4.69) is 24.8 Å². The lowest BCUT2D eigenvalue weighted by molar-refractivity contribution is -0.140. The molecule has 0 saturated carbocycles. The number of hydrogen-bond donors (Lipinski definition) is 2. The van der Waals surface area contributed by atoms with Gasteiger partial charge in [-0.15, -0.1) is 0 Å². The molecule has 0 unspecified atom stereocenters. The Balaban J connectivity index is 2.69. The van der Waals surface area contributed by atoms with Crippen LogP contribution in [0.2, 0.25) is 0 Å². The third kappa shape index (κ3) is 3.72. The number of fused-ring (bicyclic) bond motifs is 1. The number of esters is 3. The molecule has 1 aliphatic rings. The minimum Gasteiger partial charge on any atom is -0.466 e. The number of ether oxygens (including phenoxy) is 3. The van der Waals surface area contributed by atoms with E-state index in [1.54, 1.807) is 24.3 Å². The molecule has 1 aromatic carbocycles. The van der Waals surface area contributed by atoms with Gasteiger partial charge in [0.25, 0.3) is 5.91 Å². The minimum absolute atomic E-state index is 0.267. The number of anilines is 2. The summed E-state index contributed by atoms with van der Waals surface area (Å²) in [6.45, 7) is 0. The first-order valence-corrected chi connectivity index (χ1v) is 7.31. The molecule has 0 fully saturated rings. The summed E-state index contributed by atoms with van der Waals surface area (Å²) < 4.78 is 13.8. The van der Waals surface area contributed by atoms with Gasteiger partial charge >= 0.3 is 17.9 Å². The van der Waals surface area contributed by atoms with E-state index in [0.717, 1.165) is 27.4 Å². The van der Waals surface area contributed by atoms with Crippen molar-refractivity contribution in [2.45, 2.75) is 0 Å². The fraction of sp³-hybridized carbons (Fsp3) is 0.176. The molecule has 2 rings (SSSR count). The van der Waals surface area contributed by atoms with Crippen LogP contribution in [0.25, 0.3) is 0 Å². The SMILES string of the molecule is COC(=O)/C=C(C(=O)OC)\C(C(=O)OC)=C1\Nc2ccccc2NC1=O. The van der Waals surface area contributed by atoms with Crippen LogP contribution in [0.5, 0.6) is 0 Å². The Bertz CT molecular complexity index is 839. The number of nitrogens with one attached hydrogen (secondary N) is 2. The Morgan fingerprint density at radius 2 is 1.46 bits per heavy atom. The van der Waals surface area contributed by atoms with Crippen molar-refractivity contribution in [2.24, 2.45) is 0 Å². The van der Waals surface area contributed by atoms with Crippen molar-refractivity contribution in [2.75, 3.05) is 32.0 Å². The summed E-state index contributed by atoms with van der Waals surface area (Å²) in [5.41, 5.74) is -0.232. The second kappa shape index (κ2) is 7.97. The molecular weight excluding hydrogens is 344 g/mol. The van der Waals surface area contributed by atoms with Crippen LogP contribution < -0.4 is 10.6 Å². The van der Waals surface area contributed by atoms with Crippen molar-refractivity contribution in [3.8, 4) is 0 Å². The van der Waals surface area contributed by atoms with Gasteiger partial charge in [-0.2, -0.15) is 0 Å². The molecule has 9 heteroatoms. The average molecular weight is 360 g/mol. The van der Waals surface area contributed by atoms with E-state index >= 15 is 0 Å². The predicted molar refractivity (Wildman–Crippen MR) is 89.9 cm³/mol. The Labute approximate surface area is 148 Å². The third-order valence-corrected chi connectivity index (χ3v) is 3.44. The molecule has 1 amide bonds. The van der Waals surface area contributed by atoms with Crippen LogP contribution in [0, 0.1) is 0 Å². The second-order valence-electron chi connectivity index (χ2n) is 4.94. The number of carbonyl (C=O) groups excluding carboxylic acids is 4. The van der Waals surface area contributed by atoms with Crippen LogP contribution >= 0.6 is 0 Å². The molecule has 0 saturated heterocycles. The molecule has 1 aromatic rings. The van der Waals surface area contributed by atoms with Crippen molar-refractivity contribution in [3.05, 3.63) is 47.2 Å². The Hall–Kier alpha value is -3.62. The van der Waals surface area contributed by atoms with E-state index in [-0.39, 0.29) is 5.70 Å². The quantitative estimate of drug-likeness (QED) is 0.458. The van der Waals surface area contributed by atoms with Crippen LogP contribution in [-0.2, 0) is 33.4 Å². The van der Waals surface area contributed by atoms with Crippen molar-refractivity contribution >= 4 is 35.2 Å². The third-order valence-electron chi connectivity index (χ3n) is 3.44. The van der Waals surface area contributed by atoms with Crippen LogP contribution in [-0.4, -0.2) is 45.1 Å². The monoisotopic (exact) mass is 360 g/mol. The van der Waals surface area contributed by atoms with Crippen molar-refractivity contribution in [3.63, 3.8) is 0 Å².